The van der Waals surface area contributed by atoms with Gasteiger partial charge in [0.2, 0.25) is 0 Å². The predicted molar refractivity (Wildman–Crippen MR) is 112 cm³/mol. The average Bonchev–Trinajstić information content (AvgIpc) is 3.30. The van der Waals surface area contributed by atoms with Crippen LogP contribution in [0.5, 0.6) is 0 Å². The molecule has 0 heterocycles. The van der Waals surface area contributed by atoms with Crippen LogP contribution in [0.3, 0.4) is 0 Å². The molecular formula is C23H44. The van der Waals surface area contributed by atoms with Crippen molar-refractivity contribution in [1.82, 2.24) is 0 Å². The van der Waals surface area contributed by atoms with Crippen molar-refractivity contribution in [3.8, 4) is 0 Å². The maximum atomic E-state index is 2.27. The van der Waals surface area contributed by atoms with E-state index in [-0.39, 0.29) is 0 Å². The number of hydrogen-bond acceptors (Lipinski definition) is 0. The first-order valence-corrected chi connectivity index (χ1v) is 10.1. The zero-order valence-corrected chi connectivity index (χ0v) is 17.0. The Balaban J connectivity index is -0.000000225. The molecule has 0 aromatic heterocycles. The van der Waals surface area contributed by atoms with Gasteiger partial charge in [0.15, 0.2) is 0 Å². The van der Waals surface area contributed by atoms with Crippen LogP contribution < -0.4 is 0 Å². The van der Waals surface area contributed by atoms with Gasteiger partial charge in [-0.05, 0) is 57.8 Å². The molecule has 0 aromatic rings. The van der Waals surface area contributed by atoms with Gasteiger partial charge >= 0.3 is 0 Å². The van der Waals surface area contributed by atoms with Crippen molar-refractivity contribution in [2.45, 2.75) is 99.3 Å². The summed E-state index contributed by atoms with van der Waals surface area (Å²) in [6, 6.07) is 0. The van der Waals surface area contributed by atoms with Crippen molar-refractivity contribution in [2.75, 3.05) is 0 Å². The van der Waals surface area contributed by atoms with Gasteiger partial charge in [0.1, 0.15) is 0 Å². The number of allylic oxidation sites excluding steroid dienone is 8. The molecule has 3 rings (SSSR count). The highest BCUT2D eigenvalue weighted by molar-refractivity contribution is 5.07. The lowest BCUT2D eigenvalue weighted by Crippen LogP contribution is -1.77. The van der Waals surface area contributed by atoms with Crippen LogP contribution in [0, 0.1) is 0 Å². The summed E-state index contributed by atoms with van der Waals surface area (Å²) < 4.78 is 0. The zero-order chi connectivity index (χ0) is 18.0. The topological polar surface area (TPSA) is 0 Å². The van der Waals surface area contributed by atoms with Gasteiger partial charge in [-0.2, -0.15) is 0 Å². The third-order valence-electron chi connectivity index (χ3n) is 2.95. The molecule has 23 heavy (non-hydrogen) atoms. The van der Waals surface area contributed by atoms with E-state index in [4.69, 9.17) is 0 Å². The molecule has 0 nitrogen and oxygen atoms in total. The molecule has 0 saturated carbocycles. The summed E-state index contributed by atoms with van der Waals surface area (Å²) in [6.45, 7) is 12.0. The Labute approximate surface area is 148 Å². The van der Waals surface area contributed by atoms with E-state index in [2.05, 4.69) is 48.6 Å². The lowest BCUT2D eigenvalue weighted by atomic mass is 10.1. The average molecular weight is 321 g/mol. The van der Waals surface area contributed by atoms with Crippen molar-refractivity contribution < 1.29 is 0 Å². The van der Waals surface area contributed by atoms with Gasteiger partial charge in [0.05, 0.1) is 0 Å². The van der Waals surface area contributed by atoms with Crippen LogP contribution in [0.4, 0.5) is 0 Å². The third kappa shape index (κ3) is 29.6. The monoisotopic (exact) mass is 320 g/mol. The van der Waals surface area contributed by atoms with Crippen LogP contribution in [0.2, 0.25) is 0 Å². The molecule has 0 aliphatic heterocycles. The van der Waals surface area contributed by atoms with Crippen molar-refractivity contribution >= 4 is 0 Å². The summed E-state index contributed by atoms with van der Waals surface area (Å²) in [7, 11) is 0. The maximum Gasteiger partial charge on any atom is -0.0313 e. The Kier molecular flexibility index (Phi) is 38.3. The molecule has 0 N–H and O–H groups in total. The molecule has 0 heteroatoms. The van der Waals surface area contributed by atoms with Crippen LogP contribution in [0.1, 0.15) is 99.3 Å². The smallest absolute Gasteiger partial charge is 0.0313 e. The summed E-state index contributed by atoms with van der Waals surface area (Å²) in [5, 5.41) is 0. The summed E-state index contributed by atoms with van der Waals surface area (Å²) in [4.78, 5) is 0. The minimum atomic E-state index is 1.23. The Morgan fingerprint density at radius 1 is 0.348 bits per heavy atom. The van der Waals surface area contributed by atoms with Gasteiger partial charge in [-0.15, -0.1) is 0 Å². The number of rotatable bonds is 0. The van der Waals surface area contributed by atoms with E-state index in [1.165, 1.54) is 57.8 Å². The molecule has 0 spiro atoms. The fraction of sp³-hybridized carbons (Fsp3) is 0.652. The van der Waals surface area contributed by atoms with Crippen molar-refractivity contribution in [3.63, 3.8) is 0 Å². The SMILES string of the molecule is C1=CCCC1.C1=CCCC=C1.C1=CCCCC1.CC.CC.CC. The quantitative estimate of drug-likeness (QED) is 0.391. The molecule has 0 amide bonds. The Morgan fingerprint density at radius 2 is 0.652 bits per heavy atom. The lowest BCUT2D eigenvalue weighted by molar-refractivity contribution is 0.730. The molecule has 3 aliphatic carbocycles. The third-order valence-corrected chi connectivity index (χ3v) is 2.95. The summed E-state index contributed by atoms with van der Waals surface area (Å²) in [5.41, 5.74) is 0. The van der Waals surface area contributed by atoms with Crippen molar-refractivity contribution in [1.29, 1.82) is 0 Å². The fourth-order valence-electron chi connectivity index (χ4n) is 1.89. The van der Waals surface area contributed by atoms with E-state index >= 15 is 0 Å². The van der Waals surface area contributed by atoms with Crippen molar-refractivity contribution in [2.24, 2.45) is 0 Å². The highest BCUT2D eigenvalue weighted by Gasteiger charge is 1.87. The molecule has 0 bridgehead atoms. The van der Waals surface area contributed by atoms with Gasteiger partial charge in [-0.3, -0.25) is 0 Å². The van der Waals surface area contributed by atoms with Crippen LogP contribution in [-0.4, -0.2) is 0 Å². The largest absolute Gasteiger partial charge is 0.0885 e. The molecular weight excluding hydrogens is 276 g/mol. The highest BCUT2D eigenvalue weighted by Crippen LogP contribution is 2.07. The van der Waals surface area contributed by atoms with Crippen LogP contribution >= 0.6 is 0 Å². The first-order chi connectivity index (χ1) is 11.5. The standard InChI is InChI=1S/C6H10.C6H8.C5H8.3C2H6/c2*1-2-4-6-5-3-1;1-2-4-5-3-1;3*1-2/h1-2H,3-6H2;1-4H,5-6H2;1-2H,3-5H2;3*1-2H3. The van der Waals surface area contributed by atoms with E-state index < -0.39 is 0 Å². The van der Waals surface area contributed by atoms with E-state index in [9.17, 15) is 0 Å². The highest BCUT2D eigenvalue weighted by atomic mass is 13.9. The molecule has 0 unspecified atom stereocenters. The summed E-state index contributed by atoms with van der Waals surface area (Å²) in [5.74, 6) is 0. The fourth-order valence-corrected chi connectivity index (χ4v) is 1.89. The Morgan fingerprint density at radius 3 is 0.783 bits per heavy atom. The molecule has 0 radical (unpaired) electrons. The molecule has 3 aliphatic rings. The molecule has 0 aromatic carbocycles. The van der Waals surface area contributed by atoms with Crippen LogP contribution in [0.25, 0.3) is 0 Å². The first kappa shape index (κ1) is 26.8. The van der Waals surface area contributed by atoms with Crippen molar-refractivity contribution in [3.05, 3.63) is 48.6 Å². The first-order valence-electron chi connectivity index (χ1n) is 10.1. The van der Waals surface area contributed by atoms with E-state index in [0.717, 1.165) is 0 Å². The van der Waals surface area contributed by atoms with Gasteiger partial charge in [0, 0.05) is 0 Å². The Bertz CT molecular complexity index is 240. The normalized spacial score (nSPS) is 15.7. The second-order valence-electron chi connectivity index (χ2n) is 4.59. The van der Waals surface area contributed by atoms with Crippen LogP contribution in [-0.2, 0) is 0 Å². The van der Waals surface area contributed by atoms with E-state index in [0.29, 0.717) is 0 Å². The van der Waals surface area contributed by atoms with E-state index in [1.807, 2.05) is 41.5 Å². The molecule has 136 valence electrons. The lowest BCUT2D eigenvalue weighted by Gasteiger charge is -1.97. The molecule has 0 saturated heterocycles. The Hall–Kier alpha value is -1.04. The van der Waals surface area contributed by atoms with Crippen LogP contribution in [0.15, 0.2) is 48.6 Å². The second kappa shape index (κ2) is 32.8. The zero-order valence-electron chi connectivity index (χ0n) is 17.0. The number of hydrogen-bond donors (Lipinski definition) is 0. The van der Waals surface area contributed by atoms with E-state index in [1.54, 1.807) is 0 Å². The van der Waals surface area contributed by atoms with Gasteiger partial charge in [-0.25, -0.2) is 0 Å². The molecule has 0 atom stereocenters. The minimum absolute atomic E-state index is 1.23. The summed E-state index contributed by atoms with van der Waals surface area (Å²) in [6.07, 6.45) is 29.5. The van der Waals surface area contributed by atoms with Gasteiger partial charge < -0.3 is 0 Å². The minimum Gasteiger partial charge on any atom is -0.0885 e. The molecule has 0 fully saturated rings. The summed E-state index contributed by atoms with van der Waals surface area (Å²) >= 11 is 0. The maximum absolute atomic E-state index is 2.27. The second-order valence-corrected chi connectivity index (χ2v) is 4.59. The predicted octanol–water partition coefficient (Wildman–Crippen LogP) is 8.81. The van der Waals surface area contributed by atoms with Gasteiger partial charge in [-0.1, -0.05) is 90.2 Å². The van der Waals surface area contributed by atoms with Gasteiger partial charge in [0.25, 0.3) is 0 Å².